The van der Waals surface area contributed by atoms with Gasteiger partial charge >= 0.3 is 0 Å². The Balaban J connectivity index is 1.42. The van der Waals surface area contributed by atoms with E-state index in [0.717, 1.165) is 16.7 Å². The highest BCUT2D eigenvalue weighted by Gasteiger charge is 2.24. The fraction of sp³-hybridized carbons (Fsp3) is 0.348. The number of hydrogen-bond donors (Lipinski definition) is 2. The van der Waals surface area contributed by atoms with E-state index in [0.29, 0.717) is 30.0 Å². The maximum atomic E-state index is 14.7. The zero-order chi connectivity index (χ0) is 21.3. The summed E-state index contributed by atoms with van der Waals surface area (Å²) >= 11 is 0. The molecule has 2 aromatic carbocycles. The molecule has 3 aromatic rings. The number of carbonyl (C=O) groups excluding carboxylic acids is 1. The summed E-state index contributed by atoms with van der Waals surface area (Å²) in [5.74, 6) is 0.183. The Morgan fingerprint density at radius 1 is 1.20 bits per heavy atom. The Bertz CT molecular complexity index is 1060. The van der Waals surface area contributed by atoms with E-state index < -0.39 is 0 Å². The second kappa shape index (κ2) is 8.36. The van der Waals surface area contributed by atoms with Gasteiger partial charge in [0.1, 0.15) is 17.3 Å². The van der Waals surface area contributed by atoms with Gasteiger partial charge in [-0.2, -0.15) is 0 Å². The fourth-order valence-electron chi connectivity index (χ4n) is 3.92. The predicted molar refractivity (Wildman–Crippen MR) is 115 cm³/mol. The van der Waals surface area contributed by atoms with Gasteiger partial charge in [0.05, 0.1) is 25.0 Å². The Morgan fingerprint density at radius 3 is 2.67 bits per heavy atom. The smallest absolute Gasteiger partial charge is 0.267 e. The van der Waals surface area contributed by atoms with Crippen LogP contribution in [0.1, 0.15) is 29.9 Å². The lowest BCUT2D eigenvalue weighted by molar-refractivity contribution is -0.00539. The number of amides is 1. The maximum Gasteiger partial charge on any atom is 0.267 e. The predicted octanol–water partition coefficient (Wildman–Crippen LogP) is 3.86. The van der Waals surface area contributed by atoms with Crippen molar-refractivity contribution in [3.8, 4) is 5.75 Å². The van der Waals surface area contributed by atoms with Crippen molar-refractivity contribution >= 4 is 22.5 Å². The highest BCUT2D eigenvalue weighted by Crippen LogP contribution is 2.25. The second-order valence-corrected chi connectivity index (χ2v) is 7.77. The topological polar surface area (TPSA) is 66.6 Å². The molecule has 1 amide bonds. The molecular formula is C23H26FN3O3. The van der Waals surface area contributed by atoms with E-state index in [1.165, 1.54) is 6.07 Å². The Morgan fingerprint density at radius 2 is 1.97 bits per heavy atom. The number of fused-ring (bicyclic) bond motifs is 1. The number of H-pyrrole nitrogens is 1. The Hall–Kier alpha value is -3.06. The summed E-state index contributed by atoms with van der Waals surface area (Å²) < 4.78 is 25.7. The lowest BCUT2D eigenvalue weighted by Gasteiger charge is -2.37. The summed E-state index contributed by atoms with van der Waals surface area (Å²) in [5, 5.41) is 3.77. The molecule has 0 spiro atoms. The van der Waals surface area contributed by atoms with Crippen LogP contribution in [0, 0.1) is 5.82 Å². The molecule has 2 atom stereocenters. The largest absolute Gasteiger partial charge is 0.497 e. The van der Waals surface area contributed by atoms with Crippen LogP contribution in [0.3, 0.4) is 0 Å². The highest BCUT2D eigenvalue weighted by atomic mass is 19.1. The molecule has 1 fully saturated rings. The van der Waals surface area contributed by atoms with Crippen molar-refractivity contribution in [2.75, 3.05) is 25.1 Å². The summed E-state index contributed by atoms with van der Waals surface area (Å²) in [6.45, 7) is 5.53. The molecule has 1 aliphatic rings. The summed E-state index contributed by atoms with van der Waals surface area (Å²) in [6.07, 6.45) is 0.117. The summed E-state index contributed by atoms with van der Waals surface area (Å²) in [7, 11) is 1.60. The molecule has 4 rings (SSSR count). The number of nitrogens with one attached hydrogen (secondary N) is 2. The lowest BCUT2D eigenvalue weighted by atomic mass is 10.1. The van der Waals surface area contributed by atoms with Crippen LogP contribution in [0.4, 0.5) is 10.1 Å². The SMILES string of the molecule is COc1ccc2cc(C(=O)NCc3ccc(N4C[C@@H](C)O[C@H](C)C4)c(F)c3)[nH]c2c1. The van der Waals surface area contributed by atoms with Crippen LogP contribution < -0.4 is 15.0 Å². The van der Waals surface area contributed by atoms with Gasteiger partial charge in [0.2, 0.25) is 0 Å². The van der Waals surface area contributed by atoms with Crippen molar-refractivity contribution in [2.24, 2.45) is 0 Å². The zero-order valence-corrected chi connectivity index (χ0v) is 17.4. The summed E-state index contributed by atoms with van der Waals surface area (Å²) in [6, 6.07) is 12.5. The number of hydrogen-bond acceptors (Lipinski definition) is 4. The monoisotopic (exact) mass is 411 g/mol. The van der Waals surface area contributed by atoms with Crippen molar-refractivity contribution in [1.82, 2.24) is 10.3 Å². The number of carbonyl (C=O) groups is 1. The van der Waals surface area contributed by atoms with Gasteiger partial charge in [-0.25, -0.2) is 4.39 Å². The number of ether oxygens (including phenoxy) is 2. The number of aromatic amines is 1. The van der Waals surface area contributed by atoms with Crippen molar-refractivity contribution in [3.63, 3.8) is 0 Å². The van der Waals surface area contributed by atoms with Gasteiger partial charge in [-0.15, -0.1) is 0 Å². The van der Waals surface area contributed by atoms with Gasteiger partial charge in [0, 0.05) is 36.6 Å². The minimum Gasteiger partial charge on any atom is -0.497 e. The average molecular weight is 411 g/mol. The van der Waals surface area contributed by atoms with Gasteiger partial charge < -0.3 is 24.7 Å². The standard InChI is InChI=1S/C23H26FN3O3/c1-14-12-27(13-15(2)30-14)22-7-4-16(8-19(22)24)11-25-23(28)21-9-17-5-6-18(29-3)10-20(17)26-21/h4-10,14-15,26H,11-13H2,1-3H3,(H,25,28)/t14-,15-/m1/s1. The molecule has 1 aliphatic heterocycles. The molecule has 7 heteroatoms. The van der Waals surface area contributed by atoms with Crippen molar-refractivity contribution in [1.29, 1.82) is 0 Å². The first-order chi connectivity index (χ1) is 14.4. The minimum atomic E-state index is -0.291. The van der Waals surface area contributed by atoms with E-state index in [9.17, 15) is 9.18 Å². The van der Waals surface area contributed by atoms with Crippen molar-refractivity contribution in [2.45, 2.75) is 32.6 Å². The third-order valence-corrected chi connectivity index (χ3v) is 5.30. The first-order valence-electron chi connectivity index (χ1n) is 10.1. The molecule has 6 nitrogen and oxygen atoms in total. The van der Waals surface area contributed by atoms with E-state index in [1.807, 2.05) is 43.0 Å². The van der Waals surface area contributed by atoms with E-state index >= 15 is 0 Å². The van der Waals surface area contributed by atoms with E-state index in [4.69, 9.17) is 9.47 Å². The summed E-state index contributed by atoms with van der Waals surface area (Å²) in [4.78, 5) is 17.6. The van der Waals surface area contributed by atoms with E-state index in [-0.39, 0.29) is 30.5 Å². The molecule has 0 saturated carbocycles. The van der Waals surface area contributed by atoms with Gasteiger partial charge in [-0.05, 0) is 49.7 Å². The molecule has 0 radical (unpaired) electrons. The first-order valence-corrected chi connectivity index (χ1v) is 10.1. The molecule has 158 valence electrons. The number of halogens is 1. The van der Waals surface area contributed by atoms with Crippen LogP contribution in [-0.4, -0.2) is 43.3 Å². The van der Waals surface area contributed by atoms with Crippen molar-refractivity contribution < 1.29 is 18.7 Å². The third-order valence-electron chi connectivity index (χ3n) is 5.30. The molecular weight excluding hydrogens is 385 g/mol. The van der Waals surface area contributed by atoms with Crippen LogP contribution in [0.25, 0.3) is 10.9 Å². The number of nitrogens with zero attached hydrogens (tertiary/aromatic N) is 1. The maximum absolute atomic E-state index is 14.7. The number of methoxy groups -OCH3 is 1. The number of aromatic nitrogens is 1. The first kappa shape index (κ1) is 20.2. The molecule has 30 heavy (non-hydrogen) atoms. The van der Waals surface area contributed by atoms with Gasteiger partial charge in [0.25, 0.3) is 5.91 Å². The normalized spacial score (nSPS) is 19.1. The number of benzene rings is 2. The van der Waals surface area contributed by atoms with Crippen LogP contribution in [0.5, 0.6) is 5.75 Å². The molecule has 0 bridgehead atoms. The van der Waals surface area contributed by atoms with Crippen molar-refractivity contribution in [3.05, 3.63) is 59.5 Å². The van der Waals surface area contributed by atoms with E-state index in [1.54, 1.807) is 19.2 Å². The van der Waals surface area contributed by atoms with E-state index in [2.05, 4.69) is 10.3 Å². The lowest BCUT2D eigenvalue weighted by Crippen LogP contribution is -2.45. The third kappa shape index (κ3) is 4.26. The molecule has 1 aromatic heterocycles. The Labute approximate surface area is 175 Å². The van der Waals surface area contributed by atoms with Crippen LogP contribution in [0.2, 0.25) is 0 Å². The quantitative estimate of drug-likeness (QED) is 0.669. The van der Waals surface area contributed by atoms with Gasteiger partial charge in [-0.3, -0.25) is 4.79 Å². The zero-order valence-electron chi connectivity index (χ0n) is 17.4. The Kier molecular flexibility index (Phi) is 5.63. The number of rotatable bonds is 5. The summed E-state index contributed by atoms with van der Waals surface area (Å²) in [5.41, 5.74) is 2.55. The molecule has 2 heterocycles. The average Bonchev–Trinajstić information content (AvgIpc) is 3.14. The van der Waals surface area contributed by atoms with Crippen LogP contribution in [0.15, 0.2) is 42.5 Å². The van der Waals surface area contributed by atoms with Crippen LogP contribution in [-0.2, 0) is 11.3 Å². The number of anilines is 1. The fourth-order valence-corrected chi connectivity index (χ4v) is 3.92. The molecule has 0 aliphatic carbocycles. The molecule has 2 N–H and O–H groups in total. The minimum absolute atomic E-state index is 0.0587. The molecule has 1 saturated heterocycles. The van der Waals surface area contributed by atoms with Gasteiger partial charge in [0.15, 0.2) is 0 Å². The van der Waals surface area contributed by atoms with Gasteiger partial charge in [-0.1, -0.05) is 6.07 Å². The van der Waals surface area contributed by atoms with Crippen LogP contribution >= 0.6 is 0 Å². The number of morpholine rings is 1. The second-order valence-electron chi connectivity index (χ2n) is 7.77. The highest BCUT2D eigenvalue weighted by molar-refractivity contribution is 5.98. The molecule has 0 unspecified atom stereocenters.